The highest BCUT2D eigenvalue weighted by atomic mass is 16.5. The van der Waals surface area contributed by atoms with Crippen molar-refractivity contribution >= 4 is 23.7 Å². The Hall–Kier alpha value is -3.03. The molecule has 1 aromatic heterocycles. The maximum absolute atomic E-state index is 11.7. The van der Waals surface area contributed by atoms with E-state index < -0.39 is 12.0 Å². The van der Waals surface area contributed by atoms with E-state index in [0.717, 1.165) is 11.2 Å². The normalized spacial score (nSPS) is 10.0. The van der Waals surface area contributed by atoms with Gasteiger partial charge in [-0.15, -0.1) is 0 Å². The van der Waals surface area contributed by atoms with E-state index in [4.69, 9.17) is 14.9 Å². The zero-order chi connectivity index (χ0) is 15.4. The maximum atomic E-state index is 11.7. The van der Waals surface area contributed by atoms with E-state index in [-0.39, 0.29) is 11.7 Å². The molecule has 0 unspecified atom stereocenters. The maximum Gasteiger partial charge on any atom is 0.360 e. The number of oxazole rings is 1. The second-order valence-electron chi connectivity index (χ2n) is 3.85. The number of hydrogen-bond donors (Lipinski definition) is 1. The summed E-state index contributed by atoms with van der Waals surface area (Å²) in [6, 6.07) is 5.68. The van der Waals surface area contributed by atoms with E-state index in [0.29, 0.717) is 11.4 Å². The van der Waals surface area contributed by atoms with Crippen LogP contribution in [0.5, 0.6) is 5.75 Å². The summed E-state index contributed by atoms with van der Waals surface area (Å²) in [7, 11) is 2.66. The van der Waals surface area contributed by atoms with Crippen molar-refractivity contribution in [1.29, 1.82) is 0 Å². The van der Waals surface area contributed by atoms with Crippen molar-refractivity contribution in [3.63, 3.8) is 0 Å². The molecule has 2 amide bonds. The SMILES string of the molecule is COC(=O)c1coc(N(C(N)=O)c2ccccc2OC)n1. The number of anilines is 2. The molecule has 0 spiro atoms. The van der Waals surface area contributed by atoms with Gasteiger partial charge >= 0.3 is 18.0 Å². The topological polar surface area (TPSA) is 108 Å². The number of nitrogens with zero attached hydrogens (tertiary/aromatic N) is 2. The minimum atomic E-state index is -0.835. The lowest BCUT2D eigenvalue weighted by Gasteiger charge is -2.18. The Balaban J connectivity index is 2.47. The monoisotopic (exact) mass is 291 g/mol. The van der Waals surface area contributed by atoms with Crippen LogP contribution in [0.2, 0.25) is 0 Å². The fourth-order valence-electron chi connectivity index (χ4n) is 1.70. The third kappa shape index (κ3) is 2.78. The van der Waals surface area contributed by atoms with Crippen molar-refractivity contribution < 1.29 is 23.5 Å². The first-order valence-electron chi connectivity index (χ1n) is 5.85. The third-order valence-corrected chi connectivity index (χ3v) is 2.62. The van der Waals surface area contributed by atoms with Crippen molar-refractivity contribution in [2.45, 2.75) is 0 Å². The lowest BCUT2D eigenvalue weighted by Crippen LogP contribution is -2.32. The number of amides is 2. The molecular weight excluding hydrogens is 278 g/mol. The molecule has 0 aliphatic rings. The first-order valence-corrected chi connectivity index (χ1v) is 5.85. The summed E-state index contributed by atoms with van der Waals surface area (Å²) in [5.41, 5.74) is 5.62. The van der Waals surface area contributed by atoms with Crippen LogP contribution in [0.1, 0.15) is 10.5 Å². The number of carbonyl (C=O) groups is 2. The average Bonchev–Trinajstić information content (AvgIpc) is 2.96. The predicted molar refractivity (Wildman–Crippen MR) is 72.6 cm³/mol. The Labute approximate surface area is 120 Å². The molecule has 0 fully saturated rings. The third-order valence-electron chi connectivity index (χ3n) is 2.62. The van der Waals surface area contributed by atoms with Crippen LogP contribution in [-0.4, -0.2) is 31.2 Å². The zero-order valence-corrected chi connectivity index (χ0v) is 11.4. The van der Waals surface area contributed by atoms with Gasteiger partial charge < -0.3 is 19.6 Å². The minimum Gasteiger partial charge on any atom is -0.495 e. The lowest BCUT2D eigenvalue weighted by atomic mass is 10.2. The molecule has 2 N–H and O–H groups in total. The molecule has 0 aliphatic carbocycles. The molecule has 1 heterocycles. The molecule has 2 aromatic rings. The molecule has 21 heavy (non-hydrogen) atoms. The van der Waals surface area contributed by atoms with Gasteiger partial charge in [-0.2, -0.15) is 4.98 Å². The number of aromatic nitrogens is 1. The van der Waals surface area contributed by atoms with E-state index >= 15 is 0 Å². The summed E-state index contributed by atoms with van der Waals surface area (Å²) in [6.45, 7) is 0. The van der Waals surface area contributed by atoms with E-state index in [1.165, 1.54) is 14.2 Å². The fourth-order valence-corrected chi connectivity index (χ4v) is 1.70. The van der Waals surface area contributed by atoms with Gasteiger partial charge in [0.15, 0.2) is 5.69 Å². The molecule has 0 radical (unpaired) electrons. The Bertz CT molecular complexity index is 667. The lowest BCUT2D eigenvalue weighted by molar-refractivity contribution is 0.0594. The quantitative estimate of drug-likeness (QED) is 0.859. The second-order valence-corrected chi connectivity index (χ2v) is 3.85. The molecule has 0 bridgehead atoms. The van der Waals surface area contributed by atoms with Crippen molar-refractivity contribution in [1.82, 2.24) is 4.98 Å². The highest BCUT2D eigenvalue weighted by Gasteiger charge is 2.25. The predicted octanol–water partition coefficient (Wildman–Crippen LogP) is 1.69. The van der Waals surface area contributed by atoms with Crippen molar-refractivity contribution in [2.75, 3.05) is 19.1 Å². The van der Waals surface area contributed by atoms with E-state index in [9.17, 15) is 9.59 Å². The molecule has 1 aromatic carbocycles. The Morgan fingerprint density at radius 1 is 1.29 bits per heavy atom. The summed E-state index contributed by atoms with van der Waals surface area (Å²) in [5, 5.41) is 0. The number of carbonyl (C=O) groups excluding carboxylic acids is 2. The van der Waals surface area contributed by atoms with Gasteiger partial charge in [0.05, 0.1) is 19.9 Å². The smallest absolute Gasteiger partial charge is 0.360 e. The largest absolute Gasteiger partial charge is 0.495 e. The van der Waals surface area contributed by atoms with Crippen LogP contribution >= 0.6 is 0 Å². The van der Waals surface area contributed by atoms with Gasteiger partial charge in [-0.05, 0) is 12.1 Å². The van der Waals surface area contributed by atoms with Gasteiger partial charge in [-0.25, -0.2) is 14.5 Å². The zero-order valence-electron chi connectivity index (χ0n) is 11.4. The first-order chi connectivity index (χ1) is 10.1. The van der Waals surface area contributed by atoms with Gasteiger partial charge in [0.2, 0.25) is 0 Å². The first kappa shape index (κ1) is 14.4. The summed E-state index contributed by atoms with van der Waals surface area (Å²) in [4.78, 5) is 27.9. The van der Waals surface area contributed by atoms with Crippen LogP contribution in [0.15, 0.2) is 34.9 Å². The van der Waals surface area contributed by atoms with Crippen LogP contribution in [0.4, 0.5) is 16.5 Å². The number of ether oxygens (including phenoxy) is 2. The summed E-state index contributed by atoms with van der Waals surface area (Å²) in [5.74, 6) is -0.288. The fraction of sp³-hybridized carbons (Fsp3) is 0.154. The Morgan fingerprint density at radius 2 is 2.00 bits per heavy atom. The van der Waals surface area contributed by atoms with Gasteiger partial charge in [0, 0.05) is 0 Å². The van der Waals surface area contributed by atoms with Crippen molar-refractivity contribution in [3.05, 3.63) is 36.2 Å². The number of esters is 1. The van der Waals surface area contributed by atoms with Gasteiger partial charge in [-0.3, -0.25) is 0 Å². The Kier molecular flexibility index (Phi) is 4.07. The van der Waals surface area contributed by atoms with Gasteiger partial charge in [0.1, 0.15) is 12.0 Å². The number of nitrogens with two attached hydrogens (primary N) is 1. The van der Waals surface area contributed by atoms with Crippen LogP contribution in [0, 0.1) is 0 Å². The molecule has 2 rings (SSSR count). The van der Waals surface area contributed by atoms with Crippen molar-refractivity contribution in [3.8, 4) is 5.75 Å². The molecule has 8 nitrogen and oxygen atoms in total. The highest BCUT2D eigenvalue weighted by molar-refractivity contribution is 5.98. The number of urea groups is 1. The highest BCUT2D eigenvalue weighted by Crippen LogP contribution is 2.32. The summed E-state index contributed by atoms with van der Waals surface area (Å²) in [6.07, 6.45) is 1.08. The van der Waals surface area contributed by atoms with Gasteiger partial charge in [-0.1, -0.05) is 12.1 Å². The molecule has 0 atom stereocenters. The number of para-hydroxylation sites is 2. The molecule has 110 valence electrons. The van der Waals surface area contributed by atoms with Gasteiger partial charge in [0.25, 0.3) is 0 Å². The van der Waals surface area contributed by atoms with E-state index in [2.05, 4.69) is 9.72 Å². The molecule has 8 heteroatoms. The van der Waals surface area contributed by atoms with E-state index in [1.807, 2.05) is 0 Å². The number of benzene rings is 1. The minimum absolute atomic E-state index is 0.0753. The molecule has 0 aliphatic heterocycles. The second kappa shape index (κ2) is 5.95. The van der Waals surface area contributed by atoms with Crippen LogP contribution in [0.3, 0.4) is 0 Å². The van der Waals surface area contributed by atoms with Crippen LogP contribution in [0.25, 0.3) is 0 Å². The summed E-state index contributed by atoms with van der Waals surface area (Å²) < 4.78 is 14.8. The molecular formula is C13H13N3O5. The average molecular weight is 291 g/mol. The standard InChI is InChI=1S/C13H13N3O5/c1-19-10-6-4-3-5-9(10)16(12(14)18)13-15-8(7-21-13)11(17)20-2/h3-7H,1-2H3,(H2,14,18). The number of rotatable bonds is 4. The Morgan fingerprint density at radius 3 is 2.62 bits per heavy atom. The molecule has 0 saturated carbocycles. The van der Waals surface area contributed by atoms with Crippen LogP contribution < -0.4 is 15.4 Å². The number of methoxy groups -OCH3 is 2. The number of hydrogen-bond acceptors (Lipinski definition) is 6. The van der Waals surface area contributed by atoms with E-state index in [1.54, 1.807) is 24.3 Å². The molecule has 0 saturated heterocycles. The summed E-state index contributed by atoms with van der Waals surface area (Å²) >= 11 is 0. The van der Waals surface area contributed by atoms with Crippen molar-refractivity contribution in [2.24, 2.45) is 5.73 Å². The van der Waals surface area contributed by atoms with Crippen LogP contribution in [-0.2, 0) is 4.74 Å². The number of primary amides is 1.